The number of carbonyl (C=O) groups excluding carboxylic acids is 1. The Morgan fingerprint density at radius 3 is 2.62 bits per heavy atom. The summed E-state index contributed by atoms with van der Waals surface area (Å²) < 4.78 is 27.6. The third kappa shape index (κ3) is 3.52. The van der Waals surface area contributed by atoms with E-state index in [1.54, 1.807) is 17.0 Å². The lowest BCUT2D eigenvalue weighted by atomic mass is 9.99. The second kappa shape index (κ2) is 6.75. The smallest absolute Gasteiger partial charge is 0.289 e. The molecule has 26 heavy (non-hydrogen) atoms. The van der Waals surface area contributed by atoms with Crippen LogP contribution in [0, 0.1) is 10.1 Å². The van der Waals surface area contributed by atoms with Crippen LogP contribution in [-0.2, 0) is 27.8 Å². The molecule has 2 aromatic rings. The van der Waals surface area contributed by atoms with E-state index < -0.39 is 25.5 Å². The van der Waals surface area contributed by atoms with Crippen LogP contribution in [0.5, 0.6) is 0 Å². The van der Waals surface area contributed by atoms with Crippen LogP contribution >= 0.6 is 0 Å². The fraction of sp³-hybridized carbons (Fsp3) is 0.235. The van der Waals surface area contributed by atoms with Crippen molar-refractivity contribution in [1.29, 1.82) is 0 Å². The van der Waals surface area contributed by atoms with Crippen molar-refractivity contribution in [3.63, 3.8) is 0 Å². The maximum atomic E-state index is 12.6. The fourth-order valence-corrected chi connectivity index (χ4v) is 4.16. The third-order valence-electron chi connectivity index (χ3n) is 4.27. The minimum Gasteiger partial charge on any atom is -0.338 e. The van der Waals surface area contributed by atoms with Gasteiger partial charge in [0.1, 0.15) is 0 Å². The molecule has 1 heterocycles. The molecule has 0 unspecified atom stereocenters. The maximum absolute atomic E-state index is 12.6. The summed E-state index contributed by atoms with van der Waals surface area (Å²) >= 11 is 0. The van der Waals surface area contributed by atoms with Gasteiger partial charge in [-0.3, -0.25) is 19.6 Å². The van der Waals surface area contributed by atoms with E-state index in [0.29, 0.717) is 25.2 Å². The van der Waals surface area contributed by atoms with Crippen molar-refractivity contribution >= 4 is 27.3 Å². The number of para-hydroxylation sites is 1. The molecule has 0 atom stereocenters. The van der Waals surface area contributed by atoms with Crippen molar-refractivity contribution in [2.75, 3.05) is 11.3 Å². The van der Waals surface area contributed by atoms with E-state index in [4.69, 9.17) is 0 Å². The lowest BCUT2D eigenvalue weighted by molar-refractivity contribution is -0.387. The number of hydrogen-bond acceptors (Lipinski definition) is 5. The number of carbonyl (C=O) groups is 1. The number of hydrogen-bond donors (Lipinski definition) is 1. The largest absolute Gasteiger partial charge is 0.338 e. The molecular weight excluding hydrogens is 358 g/mol. The highest BCUT2D eigenvalue weighted by Crippen LogP contribution is 2.27. The Labute approximate surface area is 150 Å². The van der Waals surface area contributed by atoms with Crippen molar-refractivity contribution in [1.82, 2.24) is 4.90 Å². The second-order valence-electron chi connectivity index (χ2n) is 6.00. The Morgan fingerprint density at radius 2 is 1.92 bits per heavy atom. The molecule has 0 fully saturated rings. The number of rotatable bonds is 4. The quantitative estimate of drug-likeness (QED) is 0.651. The van der Waals surface area contributed by atoms with Gasteiger partial charge in [0.15, 0.2) is 4.90 Å². The van der Waals surface area contributed by atoms with Gasteiger partial charge >= 0.3 is 0 Å². The molecule has 3 rings (SSSR count). The molecule has 9 heteroatoms. The first-order valence-electron chi connectivity index (χ1n) is 7.91. The predicted octanol–water partition coefficient (Wildman–Crippen LogP) is 2.30. The summed E-state index contributed by atoms with van der Waals surface area (Å²) in [5, 5.41) is 11.1. The highest BCUT2D eigenvalue weighted by molar-refractivity contribution is 7.92. The van der Waals surface area contributed by atoms with E-state index in [0.717, 1.165) is 17.2 Å². The number of nitrogens with zero attached hydrogens (tertiary/aromatic N) is 2. The molecule has 0 aromatic heterocycles. The van der Waals surface area contributed by atoms with E-state index in [1.165, 1.54) is 25.1 Å². The van der Waals surface area contributed by atoms with Crippen LogP contribution < -0.4 is 4.72 Å². The van der Waals surface area contributed by atoms with E-state index in [-0.39, 0.29) is 5.91 Å². The molecule has 0 aliphatic carbocycles. The second-order valence-corrected chi connectivity index (χ2v) is 7.66. The molecule has 1 amide bonds. The molecule has 1 N–H and O–H groups in total. The van der Waals surface area contributed by atoms with Crippen LogP contribution in [0.3, 0.4) is 0 Å². The van der Waals surface area contributed by atoms with E-state index in [1.807, 2.05) is 6.07 Å². The number of amides is 1. The SMILES string of the molecule is CC(=O)N1CCc2ccc(NS(=O)(=O)c3ccccc3[N+](=O)[O-])cc2C1. The normalized spacial score (nSPS) is 13.8. The van der Waals surface area contributed by atoms with E-state index in [9.17, 15) is 23.3 Å². The van der Waals surface area contributed by atoms with Crippen molar-refractivity contribution < 1.29 is 18.1 Å². The van der Waals surface area contributed by atoms with E-state index in [2.05, 4.69) is 4.72 Å². The van der Waals surface area contributed by atoms with E-state index >= 15 is 0 Å². The third-order valence-corrected chi connectivity index (χ3v) is 5.70. The van der Waals surface area contributed by atoms with Gasteiger partial charge in [-0.25, -0.2) is 8.42 Å². The summed E-state index contributed by atoms with van der Waals surface area (Å²) in [6.45, 7) is 2.53. The van der Waals surface area contributed by atoms with Gasteiger partial charge in [-0.2, -0.15) is 0 Å². The first-order valence-corrected chi connectivity index (χ1v) is 9.40. The lowest BCUT2D eigenvalue weighted by Crippen LogP contribution is -2.34. The maximum Gasteiger partial charge on any atom is 0.289 e. The summed E-state index contributed by atoms with van der Waals surface area (Å²) in [4.78, 5) is 23.2. The predicted molar refractivity (Wildman–Crippen MR) is 95.1 cm³/mol. The molecule has 1 aliphatic rings. The molecule has 136 valence electrons. The Balaban J connectivity index is 1.91. The average Bonchev–Trinajstić information content (AvgIpc) is 2.60. The summed E-state index contributed by atoms with van der Waals surface area (Å²) in [6.07, 6.45) is 0.700. The van der Waals surface area contributed by atoms with Gasteiger partial charge in [0.2, 0.25) is 5.91 Å². The number of nitro benzene ring substituents is 1. The summed E-state index contributed by atoms with van der Waals surface area (Å²) in [7, 11) is -4.12. The van der Waals surface area contributed by atoms with Crippen LogP contribution in [0.15, 0.2) is 47.4 Å². The monoisotopic (exact) mass is 375 g/mol. The summed E-state index contributed by atoms with van der Waals surface area (Å²) in [5.41, 5.74) is 1.72. The molecule has 0 radical (unpaired) electrons. The number of nitrogens with one attached hydrogen (secondary N) is 1. The van der Waals surface area contributed by atoms with Gasteiger partial charge in [0.05, 0.1) is 4.92 Å². The number of nitro groups is 1. The van der Waals surface area contributed by atoms with Crippen LogP contribution in [-0.4, -0.2) is 30.7 Å². The minimum atomic E-state index is -4.12. The summed E-state index contributed by atoms with van der Waals surface area (Å²) in [5.74, 6) is -0.0402. The molecule has 1 aliphatic heterocycles. The number of fused-ring (bicyclic) bond motifs is 1. The van der Waals surface area contributed by atoms with Gasteiger partial charge in [-0.1, -0.05) is 18.2 Å². The van der Waals surface area contributed by atoms with Crippen LogP contribution in [0.1, 0.15) is 18.1 Å². The average molecular weight is 375 g/mol. The zero-order valence-electron chi connectivity index (χ0n) is 14.0. The van der Waals surface area contributed by atoms with Gasteiger partial charge in [-0.15, -0.1) is 0 Å². The molecule has 0 bridgehead atoms. The Kier molecular flexibility index (Phi) is 4.64. The molecule has 2 aromatic carbocycles. The number of sulfonamides is 1. The van der Waals surface area contributed by atoms with Crippen LogP contribution in [0.2, 0.25) is 0 Å². The van der Waals surface area contributed by atoms with Crippen molar-refractivity contribution in [3.8, 4) is 0 Å². The molecular formula is C17H17N3O5S. The minimum absolute atomic E-state index is 0.0402. The van der Waals surface area contributed by atoms with Gasteiger partial charge in [0.25, 0.3) is 15.7 Å². The zero-order chi connectivity index (χ0) is 18.9. The van der Waals surface area contributed by atoms with Gasteiger partial charge < -0.3 is 4.90 Å². The highest BCUT2D eigenvalue weighted by Gasteiger charge is 2.26. The summed E-state index contributed by atoms with van der Waals surface area (Å²) in [6, 6.07) is 10.3. The molecule has 0 saturated carbocycles. The topological polar surface area (TPSA) is 110 Å². The first-order chi connectivity index (χ1) is 12.3. The Morgan fingerprint density at radius 1 is 1.19 bits per heavy atom. The Hall–Kier alpha value is -2.94. The van der Waals surface area contributed by atoms with Crippen LogP contribution in [0.4, 0.5) is 11.4 Å². The zero-order valence-corrected chi connectivity index (χ0v) is 14.8. The van der Waals surface area contributed by atoms with Crippen molar-refractivity contribution in [2.24, 2.45) is 0 Å². The van der Waals surface area contributed by atoms with Crippen molar-refractivity contribution in [3.05, 3.63) is 63.7 Å². The standard InChI is InChI=1S/C17H17N3O5S/c1-12(21)19-9-8-13-6-7-15(10-14(13)11-19)18-26(24,25)17-5-3-2-4-16(17)20(22)23/h2-7,10,18H,8-9,11H2,1H3. The lowest BCUT2D eigenvalue weighted by Gasteiger charge is -2.28. The highest BCUT2D eigenvalue weighted by atomic mass is 32.2. The van der Waals surface area contributed by atoms with Crippen molar-refractivity contribution in [2.45, 2.75) is 24.8 Å². The number of benzene rings is 2. The van der Waals surface area contributed by atoms with Gasteiger partial charge in [-0.05, 0) is 35.7 Å². The first kappa shape index (κ1) is 17.9. The molecule has 8 nitrogen and oxygen atoms in total. The molecule has 0 spiro atoms. The number of anilines is 1. The Bertz CT molecular complexity index is 988. The fourth-order valence-electron chi connectivity index (χ4n) is 2.93. The van der Waals surface area contributed by atoms with Crippen LogP contribution in [0.25, 0.3) is 0 Å². The molecule has 0 saturated heterocycles. The van der Waals surface area contributed by atoms with Gasteiger partial charge in [0, 0.05) is 31.8 Å².